The highest BCUT2D eigenvalue weighted by Gasteiger charge is 2.16. The highest BCUT2D eigenvalue weighted by Crippen LogP contribution is 2.14. The summed E-state index contributed by atoms with van der Waals surface area (Å²) in [6, 6.07) is 16.8. The molecule has 0 aliphatic carbocycles. The van der Waals surface area contributed by atoms with Crippen molar-refractivity contribution < 1.29 is 4.79 Å². The summed E-state index contributed by atoms with van der Waals surface area (Å²) in [7, 11) is 0. The van der Waals surface area contributed by atoms with Crippen LogP contribution in [-0.2, 0) is 6.54 Å². The maximum Gasteiger partial charge on any atom is 0.291 e. The summed E-state index contributed by atoms with van der Waals surface area (Å²) in [5, 5.41) is 15.7. The van der Waals surface area contributed by atoms with Gasteiger partial charge < -0.3 is 5.32 Å². The number of aromatic nitrogens is 6. The number of carbonyl (C=O) groups excluding carboxylic acids is 1. The molecule has 0 spiro atoms. The Labute approximate surface area is 165 Å². The van der Waals surface area contributed by atoms with E-state index in [1.54, 1.807) is 30.1 Å². The summed E-state index contributed by atoms with van der Waals surface area (Å²) in [5.41, 5.74) is 1.69. The number of nitrogens with zero attached hydrogens (tertiary/aromatic N) is 6. The molecule has 0 fully saturated rings. The van der Waals surface area contributed by atoms with Gasteiger partial charge in [-0.15, -0.1) is 15.3 Å². The number of benzene rings is 2. The molecule has 0 saturated carbocycles. The van der Waals surface area contributed by atoms with E-state index in [4.69, 9.17) is 11.6 Å². The summed E-state index contributed by atoms with van der Waals surface area (Å²) in [5.74, 6) is 0.894. The Balaban J connectivity index is 1.49. The van der Waals surface area contributed by atoms with Crippen molar-refractivity contribution in [2.24, 2.45) is 0 Å². The summed E-state index contributed by atoms with van der Waals surface area (Å²) in [4.78, 5) is 16.8. The Morgan fingerprint density at radius 1 is 1.07 bits per heavy atom. The van der Waals surface area contributed by atoms with E-state index < -0.39 is 5.91 Å². The molecule has 0 aliphatic rings. The molecule has 2 aromatic carbocycles. The van der Waals surface area contributed by atoms with Gasteiger partial charge in [0.2, 0.25) is 5.82 Å². The van der Waals surface area contributed by atoms with Gasteiger partial charge in [0.1, 0.15) is 12.2 Å². The lowest BCUT2D eigenvalue weighted by Crippen LogP contribution is -2.25. The Morgan fingerprint density at radius 2 is 1.82 bits per heavy atom. The second-order valence-corrected chi connectivity index (χ2v) is 6.44. The van der Waals surface area contributed by atoms with Crippen molar-refractivity contribution in [2.45, 2.75) is 13.5 Å². The molecule has 1 amide bonds. The molecule has 0 bridgehead atoms. The molecule has 2 heterocycles. The second kappa shape index (κ2) is 7.61. The van der Waals surface area contributed by atoms with Gasteiger partial charge in [-0.3, -0.25) is 9.36 Å². The number of aryl methyl sites for hydroxylation is 1. The molecule has 0 unspecified atom stereocenters. The third kappa shape index (κ3) is 3.63. The summed E-state index contributed by atoms with van der Waals surface area (Å²) in [6.45, 7) is 1.98. The number of hydrogen-bond acceptors (Lipinski definition) is 5. The fraction of sp³-hybridized carbons (Fsp3) is 0.105. The molecule has 4 rings (SSSR count). The van der Waals surface area contributed by atoms with Gasteiger partial charge in [-0.1, -0.05) is 29.8 Å². The van der Waals surface area contributed by atoms with Gasteiger partial charge in [0, 0.05) is 10.7 Å². The van der Waals surface area contributed by atoms with Crippen molar-refractivity contribution in [1.82, 2.24) is 34.8 Å². The van der Waals surface area contributed by atoms with E-state index in [0.29, 0.717) is 16.7 Å². The zero-order valence-corrected chi connectivity index (χ0v) is 15.7. The van der Waals surface area contributed by atoms with Crippen molar-refractivity contribution in [2.75, 3.05) is 0 Å². The average molecular weight is 394 g/mol. The highest BCUT2D eigenvalue weighted by molar-refractivity contribution is 6.30. The Morgan fingerprint density at radius 3 is 2.57 bits per heavy atom. The molecule has 140 valence electrons. The molecular formula is C19H16ClN7O. The van der Waals surface area contributed by atoms with Gasteiger partial charge >= 0.3 is 0 Å². The first-order chi connectivity index (χ1) is 13.6. The maximum atomic E-state index is 12.5. The van der Waals surface area contributed by atoms with Crippen molar-refractivity contribution in [3.8, 4) is 11.4 Å². The Hall–Kier alpha value is -3.52. The van der Waals surface area contributed by atoms with Crippen LogP contribution in [0.25, 0.3) is 11.4 Å². The van der Waals surface area contributed by atoms with E-state index in [9.17, 15) is 4.79 Å². The molecule has 8 nitrogen and oxygen atoms in total. The standard InChI is InChI=1S/C19H16ClN7O/c1-13-23-18(25-27(13)16-9-7-14(20)8-10-16)19(28)21-11-17-24-22-12-26(17)15-5-3-2-4-6-15/h2-10,12H,11H2,1H3,(H,21,28). The van der Waals surface area contributed by atoms with Crippen LogP contribution >= 0.6 is 11.6 Å². The smallest absolute Gasteiger partial charge is 0.291 e. The number of hydrogen-bond donors (Lipinski definition) is 1. The topological polar surface area (TPSA) is 90.5 Å². The van der Waals surface area contributed by atoms with Crippen LogP contribution in [0.4, 0.5) is 0 Å². The minimum Gasteiger partial charge on any atom is -0.342 e. The Kier molecular flexibility index (Phi) is 4.86. The van der Waals surface area contributed by atoms with E-state index in [-0.39, 0.29) is 12.4 Å². The first-order valence-corrected chi connectivity index (χ1v) is 8.92. The normalized spacial score (nSPS) is 10.8. The molecule has 2 aromatic heterocycles. The maximum absolute atomic E-state index is 12.5. The largest absolute Gasteiger partial charge is 0.342 e. The first-order valence-electron chi connectivity index (χ1n) is 8.54. The zero-order valence-electron chi connectivity index (χ0n) is 15.0. The number of para-hydroxylation sites is 1. The first kappa shape index (κ1) is 17.9. The van der Waals surface area contributed by atoms with Crippen LogP contribution < -0.4 is 5.32 Å². The van der Waals surface area contributed by atoms with E-state index >= 15 is 0 Å². The van der Waals surface area contributed by atoms with Gasteiger partial charge in [0.25, 0.3) is 5.91 Å². The molecule has 28 heavy (non-hydrogen) atoms. The SMILES string of the molecule is Cc1nc(C(=O)NCc2nncn2-c2ccccc2)nn1-c1ccc(Cl)cc1. The van der Waals surface area contributed by atoms with Crippen LogP contribution in [0.3, 0.4) is 0 Å². The molecule has 9 heteroatoms. The lowest BCUT2D eigenvalue weighted by Gasteiger charge is -2.06. The number of halogens is 1. The van der Waals surface area contributed by atoms with Crippen LogP contribution in [0.5, 0.6) is 0 Å². The molecule has 0 aliphatic heterocycles. The van der Waals surface area contributed by atoms with Crippen LogP contribution in [0.1, 0.15) is 22.3 Å². The van der Waals surface area contributed by atoms with E-state index in [1.807, 2.05) is 47.0 Å². The number of carbonyl (C=O) groups is 1. The van der Waals surface area contributed by atoms with E-state index in [2.05, 4.69) is 25.6 Å². The van der Waals surface area contributed by atoms with E-state index in [0.717, 1.165) is 11.4 Å². The number of nitrogens with one attached hydrogen (secondary N) is 1. The van der Waals surface area contributed by atoms with Gasteiger partial charge in [-0.05, 0) is 43.3 Å². The second-order valence-electron chi connectivity index (χ2n) is 6.01. The summed E-state index contributed by atoms with van der Waals surface area (Å²) in [6.07, 6.45) is 1.61. The van der Waals surface area contributed by atoms with Crippen molar-refractivity contribution in [3.05, 3.63) is 83.4 Å². The minimum absolute atomic E-state index is 0.0817. The van der Waals surface area contributed by atoms with Gasteiger partial charge in [0.15, 0.2) is 5.82 Å². The number of amides is 1. The Bertz CT molecular complexity index is 1100. The van der Waals surface area contributed by atoms with Crippen molar-refractivity contribution in [3.63, 3.8) is 0 Å². The molecular weight excluding hydrogens is 378 g/mol. The van der Waals surface area contributed by atoms with E-state index in [1.165, 1.54) is 0 Å². The fourth-order valence-corrected chi connectivity index (χ4v) is 2.86. The third-order valence-electron chi connectivity index (χ3n) is 4.10. The van der Waals surface area contributed by atoms with Crippen LogP contribution in [0.15, 0.2) is 60.9 Å². The van der Waals surface area contributed by atoms with Gasteiger partial charge in [-0.2, -0.15) is 0 Å². The fourth-order valence-electron chi connectivity index (χ4n) is 2.74. The predicted molar refractivity (Wildman–Crippen MR) is 104 cm³/mol. The molecule has 0 saturated heterocycles. The monoisotopic (exact) mass is 393 g/mol. The quantitative estimate of drug-likeness (QED) is 0.563. The van der Waals surface area contributed by atoms with Gasteiger partial charge in [0.05, 0.1) is 12.2 Å². The predicted octanol–water partition coefficient (Wildman–Crippen LogP) is 2.74. The van der Waals surface area contributed by atoms with Crippen LogP contribution in [-0.4, -0.2) is 35.4 Å². The third-order valence-corrected chi connectivity index (χ3v) is 4.35. The highest BCUT2D eigenvalue weighted by atomic mass is 35.5. The lowest BCUT2D eigenvalue weighted by molar-refractivity contribution is 0.0939. The van der Waals surface area contributed by atoms with Crippen LogP contribution in [0.2, 0.25) is 5.02 Å². The molecule has 1 N–H and O–H groups in total. The molecule has 0 atom stereocenters. The number of rotatable bonds is 5. The minimum atomic E-state index is -0.390. The zero-order chi connectivity index (χ0) is 19.5. The van der Waals surface area contributed by atoms with Crippen LogP contribution in [0, 0.1) is 6.92 Å². The molecule has 4 aromatic rings. The average Bonchev–Trinajstić information content (AvgIpc) is 3.34. The summed E-state index contributed by atoms with van der Waals surface area (Å²) < 4.78 is 3.41. The van der Waals surface area contributed by atoms with Crippen molar-refractivity contribution >= 4 is 17.5 Å². The molecule has 0 radical (unpaired) electrons. The van der Waals surface area contributed by atoms with Gasteiger partial charge in [-0.25, -0.2) is 9.67 Å². The summed E-state index contributed by atoms with van der Waals surface area (Å²) >= 11 is 5.92. The van der Waals surface area contributed by atoms with Crippen molar-refractivity contribution in [1.29, 1.82) is 0 Å². The lowest BCUT2D eigenvalue weighted by atomic mass is 10.3.